The molecule has 2 rings (SSSR count). The second-order valence-electron chi connectivity index (χ2n) is 5.53. The molecule has 0 aliphatic heterocycles. The van der Waals surface area contributed by atoms with E-state index in [1.165, 1.54) is 6.33 Å². The highest BCUT2D eigenvalue weighted by molar-refractivity contribution is 5.73. The SMILES string of the molecule is CC[C@H](C)[C@H](NCCOCn1cnc2c(=O)[nH]c(N)nc21)C(=O)O. The van der Waals surface area contributed by atoms with Crippen molar-refractivity contribution in [2.75, 3.05) is 18.9 Å². The lowest BCUT2D eigenvalue weighted by Gasteiger charge is -2.20. The van der Waals surface area contributed by atoms with Crippen LogP contribution in [0.15, 0.2) is 11.1 Å². The van der Waals surface area contributed by atoms with Gasteiger partial charge in [0.25, 0.3) is 5.56 Å². The van der Waals surface area contributed by atoms with Crippen LogP contribution in [-0.2, 0) is 16.3 Å². The van der Waals surface area contributed by atoms with Gasteiger partial charge in [-0.15, -0.1) is 0 Å². The van der Waals surface area contributed by atoms with Crippen molar-refractivity contribution in [2.24, 2.45) is 5.92 Å². The van der Waals surface area contributed by atoms with Crippen LogP contribution in [0.1, 0.15) is 20.3 Å². The molecule has 132 valence electrons. The van der Waals surface area contributed by atoms with Gasteiger partial charge in [-0.2, -0.15) is 4.98 Å². The Morgan fingerprint density at radius 1 is 1.58 bits per heavy atom. The molecule has 10 nitrogen and oxygen atoms in total. The maximum Gasteiger partial charge on any atom is 0.320 e. The van der Waals surface area contributed by atoms with Gasteiger partial charge < -0.3 is 20.9 Å². The highest BCUT2D eigenvalue weighted by Crippen LogP contribution is 2.08. The summed E-state index contributed by atoms with van der Waals surface area (Å²) in [5, 5.41) is 12.1. The number of anilines is 1. The third kappa shape index (κ3) is 4.09. The number of hydrogen-bond acceptors (Lipinski definition) is 7. The molecule has 0 aliphatic rings. The van der Waals surface area contributed by atoms with E-state index in [4.69, 9.17) is 10.5 Å². The maximum absolute atomic E-state index is 11.7. The Hall–Kier alpha value is -2.46. The average Bonchev–Trinajstić information content (AvgIpc) is 2.93. The molecule has 0 bridgehead atoms. The molecule has 2 heterocycles. The Balaban J connectivity index is 1.87. The predicted octanol–water partition coefficient (Wildman–Crippen LogP) is -0.235. The van der Waals surface area contributed by atoms with Crippen LogP contribution in [0.2, 0.25) is 0 Å². The van der Waals surface area contributed by atoms with Crippen LogP contribution in [0, 0.1) is 5.92 Å². The number of nitrogens with one attached hydrogen (secondary N) is 2. The molecule has 0 aliphatic carbocycles. The summed E-state index contributed by atoms with van der Waals surface area (Å²) in [4.78, 5) is 33.2. The van der Waals surface area contributed by atoms with Crippen molar-refractivity contribution < 1.29 is 14.6 Å². The van der Waals surface area contributed by atoms with E-state index >= 15 is 0 Å². The number of carbonyl (C=O) groups is 1. The van der Waals surface area contributed by atoms with E-state index < -0.39 is 17.6 Å². The molecule has 2 atom stereocenters. The van der Waals surface area contributed by atoms with Gasteiger partial charge in [0.15, 0.2) is 11.2 Å². The first-order chi connectivity index (χ1) is 11.4. The molecule has 0 saturated carbocycles. The second-order valence-corrected chi connectivity index (χ2v) is 5.53. The zero-order valence-electron chi connectivity index (χ0n) is 13.7. The van der Waals surface area contributed by atoms with Gasteiger partial charge in [0.05, 0.1) is 12.9 Å². The molecule has 0 radical (unpaired) electrons. The van der Waals surface area contributed by atoms with E-state index in [-0.39, 0.29) is 24.1 Å². The third-order valence-corrected chi connectivity index (χ3v) is 3.81. The minimum absolute atomic E-state index is 0.00812. The summed E-state index contributed by atoms with van der Waals surface area (Å²) in [5.74, 6) is -0.836. The molecular weight excluding hydrogens is 316 g/mol. The number of carboxylic acid groups (broad SMARTS) is 1. The van der Waals surface area contributed by atoms with E-state index in [0.29, 0.717) is 18.8 Å². The number of aromatic amines is 1. The Morgan fingerprint density at radius 2 is 2.33 bits per heavy atom. The molecule has 0 unspecified atom stereocenters. The summed E-state index contributed by atoms with van der Waals surface area (Å²) >= 11 is 0. The number of aromatic nitrogens is 4. The van der Waals surface area contributed by atoms with E-state index in [9.17, 15) is 14.7 Å². The highest BCUT2D eigenvalue weighted by Gasteiger charge is 2.22. The lowest BCUT2D eigenvalue weighted by molar-refractivity contribution is -0.140. The van der Waals surface area contributed by atoms with Crippen molar-refractivity contribution in [2.45, 2.75) is 33.0 Å². The normalized spacial score (nSPS) is 13.9. The number of imidazole rings is 1. The van der Waals surface area contributed by atoms with Crippen LogP contribution < -0.4 is 16.6 Å². The van der Waals surface area contributed by atoms with Crippen molar-refractivity contribution in [1.82, 2.24) is 24.8 Å². The smallest absolute Gasteiger partial charge is 0.320 e. The van der Waals surface area contributed by atoms with Gasteiger partial charge in [-0.3, -0.25) is 19.1 Å². The second kappa shape index (κ2) is 7.88. The monoisotopic (exact) mass is 338 g/mol. The molecule has 0 fully saturated rings. The minimum Gasteiger partial charge on any atom is -0.480 e. The zero-order chi connectivity index (χ0) is 17.7. The summed E-state index contributed by atoms with van der Waals surface area (Å²) in [6.45, 7) is 4.67. The Morgan fingerprint density at radius 3 is 3.00 bits per heavy atom. The standard InChI is InChI=1S/C14H22N6O4/c1-3-8(2)9(13(22)23)16-4-5-24-7-20-6-17-10-11(20)18-14(15)19-12(10)21/h6,8-9,16H,3-5,7H2,1-2H3,(H,22,23)(H3,15,18,19,21)/t8-,9-/m0/s1. The molecule has 24 heavy (non-hydrogen) atoms. The molecular formula is C14H22N6O4. The lowest BCUT2D eigenvalue weighted by Crippen LogP contribution is -2.43. The van der Waals surface area contributed by atoms with Gasteiger partial charge in [0.1, 0.15) is 12.8 Å². The number of nitrogens with zero attached hydrogens (tertiary/aromatic N) is 3. The van der Waals surface area contributed by atoms with Crippen LogP contribution in [0.25, 0.3) is 11.2 Å². The van der Waals surface area contributed by atoms with Crippen molar-refractivity contribution in [3.8, 4) is 0 Å². The first-order valence-corrected chi connectivity index (χ1v) is 7.68. The quantitative estimate of drug-likeness (QED) is 0.458. The molecule has 0 spiro atoms. The largest absolute Gasteiger partial charge is 0.480 e. The number of rotatable bonds is 9. The molecule has 2 aromatic heterocycles. The maximum atomic E-state index is 11.7. The van der Waals surface area contributed by atoms with Crippen LogP contribution in [0.3, 0.4) is 0 Å². The summed E-state index contributed by atoms with van der Waals surface area (Å²) in [6.07, 6.45) is 2.21. The fraction of sp³-hybridized carbons (Fsp3) is 0.571. The van der Waals surface area contributed by atoms with Crippen molar-refractivity contribution in [1.29, 1.82) is 0 Å². The number of nitrogens with two attached hydrogens (primary N) is 1. The van der Waals surface area contributed by atoms with Crippen LogP contribution in [0.4, 0.5) is 5.95 Å². The van der Waals surface area contributed by atoms with Crippen molar-refractivity contribution in [3.05, 3.63) is 16.7 Å². The number of H-pyrrole nitrogens is 1. The molecule has 0 amide bonds. The van der Waals surface area contributed by atoms with Gasteiger partial charge in [0, 0.05) is 6.54 Å². The first kappa shape index (κ1) is 17.9. The average molecular weight is 338 g/mol. The number of hydrogen-bond donors (Lipinski definition) is 4. The summed E-state index contributed by atoms with van der Waals surface area (Å²) < 4.78 is 7.04. The van der Waals surface area contributed by atoms with Crippen LogP contribution in [0.5, 0.6) is 0 Å². The topological polar surface area (TPSA) is 148 Å². The summed E-state index contributed by atoms with van der Waals surface area (Å²) in [6, 6.07) is -0.604. The van der Waals surface area contributed by atoms with E-state index in [1.807, 2.05) is 13.8 Å². The van der Waals surface area contributed by atoms with Gasteiger partial charge in [0.2, 0.25) is 5.95 Å². The van der Waals surface area contributed by atoms with Crippen molar-refractivity contribution in [3.63, 3.8) is 0 Å². The molecule has 2 aromatic rings. The third-order valence-electron chi connectivity index (χ3n) is 3.81. The van der Waals surface area contributed by atoms with Gasteiger partial charge >= 0.3 is 5.97 Å². The number of nitrogen functional groups attached to an aromatic ring is 1. The molecule has 10 heteroatoms. The minimum atomic E-state index is -0.871. The summed E-state index contributed by atoms with van der Waals surface area (Å²) in [7, 11) is 0. The molecule has 0 saturated heterocycles. The molecule has 0 aromatic carbocycles. The summed E-state index contributed by atoms with van der Waals surface area (Å²) in [5.41, 5.74) is 5.64. The number of carboxylic acids is 1. The van der Waals surface area contributed by atoms with E-state index in [1.54, 1.807) is 4.57 Å². The lowest BCUT2D eigenvalue weighted by atomic mass is 9.99. The Bertz CT molecular complexity index is 755. The number of aliphatic carboxylic acids is 1. The van der Waals surface area contributed by atoms with Crippen molar-refractivity contribution >= 4 is 23.1 Å². The molecule has 5 N–H and O–H groups in total. The van der Waals surface area contributed by atoms with E-state index in [2.05, 4.69) is 20.3 Å². The fourth-order valence-corrected chi connectivity index (χ4v) is 2.28. The Labute approximate surface area is 138 Å². The number of ether oxygens (including phenoxy) is 1. The first-order valence-electron chi connectivity index (χ1n) is 7.68. The van der Waals surface area contributed by atoms with Gasteiger partial charge in [-0.05, 0) is 5.92 Å². The number of fused-ring (bicyclic) bond motifs is 1. The highest BCUT2D eigenvalue weighted by atomic mass is 16.5. The Kier molecular flexibility index (Phi) is 5.88. The van der Waals surface area contributed by atoms with Gasteiger partial charge in [-0.1, -0.05) is 20.3 Å². The van der Waals surface area contributed by atoms with Crippen LogP contribution in [-0.4, -0.2) is 49.8 Å². The predicted molar refractivity (Wildman–Crippen MR) is 87.4 cm³/mol. The fourth-order valence-electron chi connectivity index (χ4n) is 2.28. The van der Waals surface area contributed by atoms with Crippen LogP contribution >= 0.6 is 0 Å². The van der Waals surface area contributed by atoms with Gasteiger partial charge in [-0.25, -0.2) is 4.98 Å². The zero-order valence-corrected chi connectivity index (χ0v) is 13.7. The van der Waals surface area contributed by atoms with E-state index in [0.717, 1.165) is 6.42 Å².